The lowest BCUT2D eigenvalue weighted by Crippen LogP contribution is -2.54. The third-order valence-electron chi connectivity index (χ3n) is 5.73. The van der Waals surface area contributed by atoms with Gasteiger partial charge in [-0.15, -0.1) is 0 Å². The number of anilines is 3. The third kappa shape index (κ3) is 6.13. The predicted octanol–water partition coefficient (Wildman–Crippen LogP) is 3.40. The lowest BCUT2D eigenvalue weighted by Gasteiger charge is -2.36. The van der Waals surface area contributed by atoms with E-state index in [0.29, 0.717) is 45.7 Å². The van der Waals surface area contributed by atoms with Crippen LogP contribution in [-0.2, 0) is 6.61 Å². The molecule has 3 aromatic rings. The molecule has 11 heteroatoms. The molecule has 1 saturated heterocycles. The number of methoxy groups -OCH3 is 1. The average Bonchev–Trinajstić information content (AvgIpc) is 2.88. The molecule has 0 bridgehead atoms. The Morgan fingerprint density at radius 2 is 1.86 bits per heavy atom. The van der Waals surface area contributed by atoms with Gasteiger partial charge in [0.2, 0.25) is 5.95 Å². The summed E-state index contributed by atoms with van der Waals surface area (Å²) in [5.74, 6) is 1.97. The van der Waals surface area contributed by atoms with Crippen molar-refractivity contribution in [1.82, 2.24) is 25.6 Å². The van der Waals surface area contributed by atoms with Gasteiger partial charge in [0, 0.05) is 43.3 Å². The minimum absolute atomic E-state index is 0.116. The van der Waals surface area contributed by atoms with E-state index in [9.17, 15) is 4.79 Å². The zero-order valence-electron chi connectivity index (χ0n) is 20.7. The Balaban J connectivity index is 1.37. The van der Waals surface area contributed by atoms with Gasteiger partial charge in [0.1, 0.15) is 18.2 Å². The molecule has 10 nitrogen and oxygen atoms in total. The molecule has 1 aromatic carbocycles. The fraction of sp³-hybridized carbons (Fsp3) is 0.360. The molecule has 2 atom stereocenters. The van der Waals surface area contributed by atoms with Crippen molar-refractivity contribution < 1.29 is 14.3 Å². The highest BCUT2D eigenvalue weighted by molar-refractivity contribution is 6.33. The number of rotatable bonds is 8. The SMILES string of the molecule is CNC(=O)c1cc(COc2cnc(Nc3ccc(N4C[C@@H](C)N[C@@H](C)C4)nc3)nc2)c(Cl)c(OC)c1. The molecule has 2 aromatic heterocycles. The van der Waals surface area contributed by atoms with Gasteiger partial charge in [0.25, 0.3) is 5.91 Å². The highest BCUT2D eigenvalue weighted by Gasteiger charge is 2.21. The molecular formula is C25H30ClN7O3. The Morgan fingerprint density at radius 1 is 1.14 bits per heavy atom. The van der Waals surface area contributed by atoms with E-state index in [0.717, 1.165) is 24.6 Å². The van der Waals surface area contributed by atoms with Gasteiger partial charge in [-0.3, -0.25) is 4.79 Å². The molecule has 3 N–H and O–H groups in total. The van der Waals surface area contributed by atoms with Gasteiger partial charge in [-0.25, -0.2) is 15.0 Å². The second-order valence-corrected chi connectivity index (χ2v) is 9.04. The first-order valence-electron chi connectivity index (χ1n) is 11.6. The summed E-state index contributed by atoms with van der Waals surface area (Å²) >= 11 is 6.40. The normalized spacial score (nSPS) is 17.4. The number of nitrogens with zero attached hydrogens (tertiary/aromatic N) is 4. The van der Waals surface area contributed by atoms with Gasteiger partial charge >= 0.3 is 0 Å². The van der Waals surface area contributed by atoms with Crippen molar-refractivity contribution in [2.24, 2.45) is 0 Å². The summed E-state index contributed by atoms with van der Waals surface area (Å²) in [6, 6.07) is 8.04. The van der Waals surface area contributed by atoms with E-state index in [2.05, 4.69) is 49.6 Å². The lowest BCUT2D eigenvalue weighted by molar-refractivity contribution is 0.0962. The molecule has 1 aliphatic rings. The molecule has 3 heterocycles. The molecule has 1 fully saturated rings. The number of ether oxygens (including phenoxy) is 2. The second-order valence-electron chi connectivity index (χ2n) is 8.67. The van der Waals surface area contributed by atoms with Crippen LogP contribution in [0.25, 0.3) is 0 Å². The Bertz CT molecular complexity index is 1180. The Kier molecular flexibility index (Phi) is 8.07. The van der Waals surface area contributed by atoms with Crippen LogP contribution < -0.4 is 30.3 Å². The maximum Gasteiger partial charge on any atom is 0.251 e. The van der Waals surface area contributed by atoms with E-state index >= 15 is 0 Å². The number of benzene rings is 1. The minimum Gasteiger partial charge on any atom is -0.495 e. The number of piperazine rings is 1. The van der Waals surface area contributed by atoms with E-state index in [-0.39, 0.29) is 12.5 Å². The van der Waals surface area contributed by atoms with Crippen LogP contribution >= 0.6 is 11.6 Å². The lowest BCUT2D eigenvalue weighted by atomic mass is 10.1. The van der Waals surface area contributed by atoms with Crippen molar-refractivity contribution >= 4 is 35.0 Å². The van der Waals surface area contributed by atoms with Crippen LogP contribution in [0.5, 0.6) is 11.5 Å². The van der Waals surface area contributed by atoms with E-state index in [1.165, 1.54) is 7.11 Å². The molecule has 190 valence electrons. The minimum atomic E-state index is -0.246. The van der Waals surface area contributed by atoms with Gasteiger partial charge < -0.3 is 30.3 Å². The summed E-state index contributed by atoms with van der Waals surface area (Å²) in [6.45, 7) is 6.31. The number of hydrogen-bond acceptors (Lipinski definition) is 9. The Hall–Kier alpha value is -3.63. The first kappa shape index (κ1) is 25.5. The van der Waals surface area contributed by atoms with Crippen LogP contribution in [0.3, 0.4) is 0 Å². The Morgan fingerprint density at radius 3 is 2.47 bits per heavy atom. The number of nitrogens with one attached hydrogen (secondary N) is 3. The van der Waals surface area contributed by atoms with Gasteiger partial charge in [0.15, 0.2) is 5.75 Å². The number of aromatic nitrogens is 3. The molecule has 0 spiro atoms. The molecule has 0 unspecified atom stereocenters. The van der Waals surface area contributed by atoms with Crippen molar-refractivity contribution in [3.05, 3.63) is 59.0 Å². The van der Waals surface area contributed by atoms with E-state index in [4.69, 9.17) is 21.1 Å². The molecule has 4 rings (SSSR count). The summed E-state index contributed by atoms with van der Waals surface area (Å²) in [6.07, 6.45) is 4.90. The van der Waals surface area contributed by atoms with E-state index in [1.54, 1.807) is 37.8 Å². The highest BCUT2D eigenvalue weighted by Crippen LogP contribution is 2.31. The molecular weight excluding hydrogens is 482 g/mol. The van der Waals surface area contributed by atoms with Crippen molar-refractivity contribution in [3.8, 4) is 11.5 Å². The number of hydrogen-bond donors (Lipinski definition) is 3. The smallest absolute Gasteiger partial charge is 0.251 e. The summed E-state index contributed by atoms with van der Waals surface area (Å²) in [7, 11) is 3.05. The van der Waals surface area contributed by atoms with Crippen LogP contribution in [0, 0.1) is 0 Å². The van der Waals surface area contributed by atoms with Crippen LogP contribution in [0.15, 0.2) is 42.9 Å². The number of carbonyl (C=O) groups is 1. The first-order valence-corrected chi connectivity index (χ1v) is 12.0. The maximum atomic E-state index is 12.0. The summed E-state index contributed by atoms with van der Waals surface area (Å²) in [5.41, 5.74) is 1.82. The van der Waals surface area contributed by atoms with Crippen LogP contribution in [0.4, 0.5) is 17.5 Å². The van der Waals surface area contributed by atoms with Crippen molar-refractivity contribution in [2.45, 2.75) is 32.5 Å². The number of amides is 1. The summed E-state index contributed by atoms with van der Waals surface area (Å²) in [4.78, 5) is 27.6. The zero-order valence-corrected chi connectivity index (χ0v) is 21.5. The van der Waals surface area contributed by atoms with Crippen molar-refractivity contribution in [1.29, 1.82) is 0 Å². The molecule has 1 aliphatic heterocycles. The van der Waals surface area contributed by atoms with Gasteiger partial charge in [-0.2, -0.15) is 0 Å². The van der Waals surface area contributed by atoms with Gasteiger partial charge in [0.05, 0.1) is 36.4 Å². The van der Waals surface area contributed by atoms with Crippen molar-refractivity contribution in [2.75, 3.05) is 37.5 Å². The molecule has 0 aliphatic carbocycles. The monoisotopic (exact) mass is 511 g/mol. The second kappa shape index (κ2) is 11.4. The fourth-order valence-corrected chi connectivity index (χ4v) is 4.33. The van der Waals surface area contributed by atoms with Crippen molar-refractivity contribution in [3.63, 3.8) is 0 Å². The zero-order chi connectivity index (χ0) is 25.7. The van der Waals surface area contributed by atoms with Gasteiger partial charge in [-0.05, 0) is 38.1 Å². The van der Waals surface area contributed by atoms with E-state index < -0.39 is 0 Å². The summed E-state index contributed by atoms with van der Waals surface area (Å²) < 4.78 is 11.1. The molecule has 0 radical (unpaired) electrons. The van der Waals surface area contributed by atoms with Crippen LogP contribution in [0.2, 0.25) is 5.02 Å². The largest absolute Gasteiger partial charge is 0.495 e. The fourth-order valence-electron chi connectivity index (χ4n) is 4.09. The highest BCUT2D eigenvalue weighted by atomic mass is 35.5. The molecule has 0 saturated carbocycles. The number of carbonyl (C=O) groups excluding carboxylic acids is 1. The van der Waals surface area contributed by atoms with Gasteiger partial charge in [-0.1, -0.05) is 11.6 Å². The number of halogens is 1. The van der Waals surface area contributed by atoms with E-state index in [1.807, 2.05) is 12.1 Å². The molecule has 1 amide bonds. The van der Waals surface area contributed by atoms with Crippen LogP contribution in [-0.4, -0.2) is 60.2 Å². The van der Waals surface area contributed by atoms with Crippen LogP contribution in [0.1, 0.15) is 29.8 Å². The number of pyridine rings is 1. The first-order chi connectivity index (χ1) is 17.4. The standard InChI is InChI=1S/C25H30ClN7O3/c1-15-12-33(13-16(2)31-15)22-6-5-19(9-28-22)32-25-29-10-20(11-30-25)36-14-18-7-17(24(34)27-3)8-21(35-4)23(18)26/h5-11,15-16,31H,12-14H2,1-4H3,(H,27,34)(H,29,30,32)/t15-,16+. The maximum absolute atomic E-state index is 12.0. The average molecular weight is 512 g/mol. The predicted molar refractivity (Wildman–Crippen MR) is 140 cm³/mol. The summed E-state index contributed by atoms with van der Waals surface area (Å²) in [5, 5.41) is 9.64. The topological polar surface area (TPSA) is 114 Å². The quantitative estimate of drug-likeness (QED) is 0.418. The third-order valence-corrected chi connectivity index (χ3v) is 6.16. The Labute approximate surface area is 215 Å². The molecule has 36 heavy (non-hydrogen) atoms.